The fourth-order valence-corrected chi connectivity index (χ4v) is 9.43. The zero-order valence-corrected chi connectivity index (χ0v) is 21.9. The third-order valence-corrected chi connectivity index (χ3v) is 11.7. The second kappa shape index (κ2) is 11.3. The number of carbonyl (C=O) groups excluding carboxylic acids is 1. The molecule has 0 spiro atoms. The van der Waals surface area contributed by atoms with Crippen LogP contribution in [0.15, 0.2) is 71.6 Å². The van der Waals surface area contributed by atoms with Crippen molar-refractivity contribution in [2.75, 3.05) is 6.67 Å². The Morgan fingerprint density at radius 1 is 1.12 bits per heavy atom. The lowest BCUT2D eigenvalue weighted by Gasteiger charge is -2.42. The van der Waals surface area contributed by atoms with Crippen LogP contribution >= 0.6 is 11.3 Å². The Bertz CT molecular complexity index is 1070. The molecule has 0 aliphatic rings. The van der Waals surface area contributed by atoms with Gasteiger partial charge in [0.1, 0.15) is 11.7 Å². The van der Waals surface area contributed by atoms with Crippen LogP contribution in [0.5, 0.6) is 0 Å². The first-order valence-corrected chi connectivity index (χ1v) is 14.1. The Morgan fingerprint density at radius 3 is 2.18 bits per heavy atom. The van der Waals surface area contributed by atoms with Crippen molar-refractivity contribution in [3.8, 4) is 0 Å². The molecule has 1 aromatic heterocycles. The first-order chi connectivity index (χ1) is 16.2. The molecule has 1 atom stereocenters. The molecule has 0 saturated carbocycles. The van der Waals surface area contributed by atoms with Crippen LogP contribution in [0.2, 0.25) is 5.04 Å². The van der Waals surface area contributed by atoms with Gasteiger partial charge in [-0.2, -0.15) is 0 Å². The minimum Gasteiger partial charge on any atom is -0.401 e. The van der Waals surface area contributed by atoms with Crippen LogP contribution in [0.4, 0.5) is 4.39 Å². The predicted molar refractivity (Wildman–Crippen MR) is 140 cm³/mol. The molecule has 0 aliphatic heterocycles. The van der Waals surface area contributed by atoms with Gasteiger partial charge in [0.25, 0.3) is 8.32 Å². The minimum atomic E-state index is -2.66. The van der Waals surface area contributed by atoms with E-state index in [0.717, 1.165) is 5.01 Å². The second-order valence-electron chi connectivity index (χ2n) is 9.40. The largest absolute Gasteiger partial charge is 0.401 e. The highest BCUT2D eigenvalue weighted by molar-refractivity contribution is 7.09. The first-order valence-electron chi connectivity index (χ1n) is 11.3. The molecule has 0 amide bonds. The maximum absolute atomic E-state index is 12.4. The number of hydrogen-bond donors (Lipinski definition) is 1. The Kier molecular flexibility index (Phi) is 8.71. The number of aliphatic hydroxyl groups excluding tert-OH is 1. The monoisotopic (exact) mass is 497 g/mol. The standard InChI is InChI=1S/C27H32FNO3SSi/c1-20(25(31)16-22(30)17-28)15-21-19-33-26(29-21)18-32-34(27(2,3)4,23-11-7-5-8-12-23)24-13-9-6-10-14-24/h5-15,19,25,31H,16-18H2,1-4H3/b20-15+/t25-/m0/s1. The van der Waals surface area contributed by atoms with E-state index in [2.05, 4.69) is 74.3 Å². The van der Waals surface area contributed by atoms with Gasteiger partial charge in [-0.1, -0.05) is 81.4 Å². The van der Waals surface area contributed by atoms with Gasteiger partial charge >= 0.3 is 0 Å². The summed E-state index contributed by atoms with van der Waals surface area (Å²) in [7, 11) is -2.66. The van der Waals surface area contributed by atoms with Gasteiger partial charge in [-0.3, -0.25) is 4.79 Å². The fraction of sp³-hybridized carbons (Fsp3) is 0.333. The molecule has 0 unspecified atom stereocenters. The zero-order valence-electron chi connectivity index (χ0n) is 20.1. The minimum absolute atomic E-state index is 0.126. The number of aromatic nitrogens is 1. The third-order valence-electron chi connectivity index (χ3n) is 5.87. The molecule has 0 saturated heterocycles. The van der Waals surface area contributed by atoms with Gasteiger partial charge in [-0.05, 0) is 34.0 Å². The molecule has 3 aromatic rings. The van der Waals surface area contributed by atoms with Crippen LogP contribution in [0.25, 0.3) is 6.08 Å². The zero-order chi connectivity index (χ0) is 24.8. The van der Waals surface area contributed by atoms with Gasteiger partial charge in [0.15, 0.2) is 5.78 Å². The van der Waals surface area contributed by atoms with Crippen molar-refractivity contribution in [3.05, 3.63) is 82.3 Å². The maximum atomic E-state index is 12.4. The number of thiazole rings is 1. The van der Waals surface area contributed by atoms with Crippen molar-refractivity contribution in [2.45, 2.75) is 51.9 Å². The van der Waals surface area contributed by atoms with Crippen molar-refractivity contribution in [1.82, 2.24) is 4.98 Å². The van der Waals surface area contributed by atoms with Crippen LogP contribution < -0.4 is 10.4 Å². The summed E-state index contributed by atoms with van der Waals surface area (Å²) >= 11 is 1.50. The molecule has 3 rings (SSSR count). The Balaban J connectivity index is 1.88. The number of alkyl halides is 1. The Hall–Kier alpha value is -2.45. The maximum Gasteiger partial charge on any atom is 0.261 e. The summed E-state index contributed by atoms with van der Waals surface area (Å²) in [5.74, 6) is -0.613. The van der Waals surface area contributed by atoms with E-state index in [1.807, 2.05) is 17.5 Å². The molecule has 4 nitrogen and oxygen atoms in total. The first kappa shape index (κ1) is 26.2. The van der Waals surface area contributed by atoms with E-state index < -0.39 is 26.9 Å². The van der Waals surface area contributed by atoms with E-state index in [0.29, 0.717) is 17.9 Å². The van der Waals surface area contributed by atoms with E-state index in [1.54, 1.807) is 13.0 Å². The van der Waals surface area contributed by atoms with Gasteiger partial charge < -0.3 is 9.53 Å². The molecular formula is C27H32FNO3SSi. The fourth-order valence-electron chi connectivity index (χ4n) is 4.15. The molecule has 1 heterocycles. The summed E-state index contributed by atoms with van der Waals surface area (Å²) in [6, 6.07) is 20.9. The quantitative estimate of drug-likeness (QED) is 0.404. The van der Waals surface area contributed by atoms with E-state index in [1.165, 1.54) is 21.7 Å². The van der Waals surface area contributed by atoms with Gasteiger partial charge in [0, 0.05) is 11.8 Å². The molecule has 1 N–H and O–H groups in total. The van der Waals surface area contributed by atoms with Gasteiger partial charge in [0.05, 0.1) is 18.4 Å². The third kappa shape index (κ3) is 5.96. The molecule has 2 aromatic carbocycles. The van der Waals surface area contributed by atoms with Crippen molar-refractivity contribution in [2.24, 2.45) is 0 Å². The van der Waals surface area contributed by atoms with Gasteiger partial charge in [-0.15, -0.1) is 11.3 Å². The van der Waals surface area contributed by atoms with Crippen LogP contribution in [0.1, 0.15) is 44.8 Å². The van der Waals surface area contributed by atoms with E-state index >= 15 is 0 Å². The number of aliphatic hydroxyl groups is 1. The van der Waals surface area contributed by atoms with Gasteiger partial charge in [0.2, 0.25) is 0 Å². The van der Waals surface area contributed by atoms with Crippen molar-refractivity contribution >= 4 is 41.9 Å². The summed E-state index contributed by atoms with van der Waals surface area (Å²) in [5.41, 5.74) is 1.27. The molecule has 0 radical (unpaired) electrons. The number of rotatable bonds is 10. The molecule has 0 bridgehead atoms. The van der Waals surface area contributed by atoms with E-state index in [4.69, 9.17) is 4.43 Å². The average Bonchev–Trinajstić information content (AvgIpc) is 3.27. The average molecular weight is 498 g/mol. The topological polar surface area (TPSA) is 59.4 Å². The summed E-state index contributed by atoms with van der Waals surface area (Å²) in [6.45, 7) is 7.72. The van der Waals surface area contributed by atoms with Crippen LogP contribution in [-0.4, -0.2) is 37.0 Å². The molecule has 0 fully saturated rings. The number of halogens is 1. The van der Waals surface area contributed by atoms with Crippen LogP contribution in [-0.2, 0) is 15.8 Å². The molecule has 34 heavy (non-hydrogen) atoms. The highest BCUT2D eigenvalue weighted by atomic mass is 32.1. The Morgan fingerprint density at radius 2 is 1.68 bits per heavy atom. The van der Waals surface area contributed by atoms with Crippen molar-refractivity contribution in [3.63, 3.8) is 0 Å². The summed E-state index contributed by atoms with van der Waals surface area (Å²) in [6.07, 6.45) is 0.493. The lowest BCUT2D eigenvalue weighted by Crippen LogP contribution is -2.66. The SMILES string of the molecule is C/C(=C\c1csc(CO[Si](c2ccccc2)(c2ccccc2)C(C)(C)C)n1)[C@@H](O)CC(=O)CF. The summed E-state index contributed by atoms with van der Waals surface area (Å²) in [5, 5.41) is 15.2. The number of ketones is 1. The van der Waals surface area contributed by atoms with Crippen molar-refractivity contribution < 1.29 is 18.7 Å². The smallest absolute Gasteiger partial charge is 0.261 e. The Labute approximate surface area is 206 Å². The molecule has 7 heteroatoms. The summed E-state index contributed by atoms with van der Waals surface area (Å²) in [4.78, 5) is 16.0. The second-order valence-corrected chi connectivity index (χ2v) is 14.6. The molecular weight excluding hydrogens is 465 g/mol. The predicted octanol–water partition coefficient (Wildman–Crippen LogP) is 4.91. The van der Waals surface area contributed by atoms with E-state index in [-0.39, 0.29) is 11.5 Å². The number of hydrogen-bond acceptors (Lipinski definition) is 5. The summed E-state index contributed by atoms with van der Waals surface area (Å²) < 4.78 is 19.4. The highest BCUT2D eigenvalue weighted by Gasteiger charge is 2.50. The lowest BCUT2D eigenvalue weighted by molar-refractivity contribution is -0.121. The highest BCUT2D eigenvalue weighted by Crippen LogP contribution is 2.37. The number of carbonyl (C=O) groups is 1. The van der Waals surface area contributed by atoms with Gasteiger partial charge in [-0.25, -0.2) is 9.37 Å². The normalized spacial score (nSPS) is 13.6. The van der Waals surface area contributed by atoms with Crippen molar-refractivity contribution in [1.29, 1.82) is 0 Å². The number of benzene rings is 2. The van der Waals surface area contributed by atoms with Crippen LogP contribution in [0.3, 0.4) is 0 Å². The molecule has 0 aliphatic carbocycles. The number of nitrogens with zero attached hydrogens (tertiary/aromatic N) is 1. The lowest BCUT2D eigenvalue weighted by atomic mass is 10.1. The molecule has 180 valence electrons. The van der Waals surface area contributed by atoms with Crippen LogP contribution in [0, 0.1) is 0 Å². The number of Topliss-reactive ketones (excluding diaryl/α,β-unsaturated/α-hetero) is 1. The van der Waals surface area contributed by atoms with E-state index in [9.17, 15) is 14.3 Å².